The molecule has 1 aromatic carbocycles. The Bertz CT molecular complexity index is 398. The van der Waals surface area contributed by atoms with Crippen LogP contribution in [-0.2, 0) is 11.4 Å². The van der Waals surface area contributed by atoms with Gasteiger partial charge < -0.3 is 4.55 Å². The van der Waals surface area contributed by atoms with Gasteiger partial charge in [0.25, 0.3) is 0 Å². The lowest BCUT2D eigenvalue weighted by atomic mass is 10.1. The zero-order valence-corrected chi connectivity index (χ0v) is 12.9. The van der Waals surface area contributed by atoms with E-state index >= 15 is 0 Å². The van der Waals surface area contributed by atoms with Crippen LogP contribution in [0.5, 0.6) is 0 Å². The van der Waals surface area contributed by atoms with Crippen LogP contribution in [0.15, 0.2) is 28.7 Å². The summed E-state index contributed by atoms with van der Waals surface area (Å²) in [6.07, 6.45) is 0. The van der Waals surface area contributed by atoms with Crippen molar-refractivity contribution in [3.63, 3.8) is 0 Å². The van der Waals surface area contributed by atoms with Gasteiger partial charge in [-0.05, 0) is 62.4 Å². The van der Waals surface area contributed by atoms with Crippen molar-refractivity contribution in [3.8, 4) is 0 Å². The molecule has 0 aliphatic heterocycles. The van der Waals surface area contributed by atoms with Crippen molar-refractivity contribution < 1.29 is 4.55 Å². The summed E-state index contributed by atoms with van der Waals surface area (Å²) in [4.78, 5) is 0. The van der Waals surface area contributed by atoms with Crippen LogP contribution in [0.2, 0.25) is 0 Å². The van der Waals surface area contributed by atoms with Gasteiger partial charge in [0.05, 0.1) is 5.71 Å². The average molecular weight is 349 g/mol. The van der Waals surface area contributed by atoms with Gasteiger partial charge in [0, 0.05) is 9.13 Å². The normalized spacial score (nSPS) is 15.0. The van der Waals surface area contributed by atoms with Gasteiger partial charge in [0.2, 0.25) is 0 Å². The molecule has 0 aromatic heterocycles. The number of rotatable bonds is 2. The van der Waals surface area contributed by atoms with Gasteiger partial charge in [-0.25, -0.2) is 0 Å². The van der Waals surface area contributed by atoms with Crippen LogP contribution in [0.25, 0.3) is 0 Å². The molecule has 0 heterocycles. The van der Waals surface area contributed by atoms with Gasteiger partial charge >= 0.3 is 0 Å². The highest BCUT2D eigenvalue weighted by Crippen LogP contribution is 2.18. The van der Waals surface area contributed by atoms with Gasteiger partial charge in [-0.3, -0.25) is 0 Å². The number of halogens is 1. The van der Waals surface area contributed by atoms with Gasteiger partial charge in [0.15, 0.2) is 0 Å². The van der Waals surface area contributed by atoms with Crippen molar-refractivity contribution in [3.05, 3.63) is 33.4 Å². The molecule has 0 amide bonds. The summed E-state index contributed by atoms with van der Waals surface area (Å²) in [5.41, 5.74) is 1.86. The quantitative estimate of drug-likeness (QED) is 0.457. The van der Waals surface area contributed by atoms with E-state index in [-0.39, 0.29) is 4.75 Å². The van der Waals surface area contributed by atoms with Crippen molar-refractivity contribution in [1.82, 2.24) is 0 Å². The smallest absolute Gasteiger partial charge is 0.144 e. The molecule has 0 radical (unpaired) electrons. The molecular weight excluding hydrogens is 333 g/mol. The van der Waals surface area contributed by atoms with E-state index in [9.17, 15) is 4.55 Å². The van der Waals surface area contributed by atoms with E-state index in [4.69, 9.17) is 0 Å². The number of benzene rings is 1. The summed E-state index contributed by atoms with van der Waals surface area (Å²) < 4.78 is 17.0. The third-order valence-corrected chi connectivity index (χ3v) is 4.14. The summed E-state index contributed by atoms with van der Waals surface area (Å²) >= 11 is 1.07. The Morgan fingerprint density at radius 1 is 1.38 bits per heavy atom. The van der Waals surface area contributed by atoms with E-state index in [0.717, 1.165) is 14.8 Å². The third kappa shape index (κ3) is 4.07. The lowest BCUT2D eigenvalue weighted by molar-refractivity contribution is 0.561. The number of hydrogen-bond donors (Lipinski definition) is 0. The minimum Gasteiger partial charge on any atom is -0.591 e. The van der Waals surface area contributed by atoms with E-state index in [0.29, 0.717) is 0 Å². The van der Waals surface area contributed by atoms with Crippen molar-refractivity contribution >= 4 is 39.7 Å². The highest BCUT2D eigenvalue weighted by atomic mass is 127. The van der Waals surface area contributed by atoms with Gasteiger partial charge in [-0.1, -0.05) is 16.5 Å². The SMILES string of the molecule is C/C(=N\[S+]([O-])C(C)(C)C)c1cccc(I)c1. The molecule has 4 heteroatoms. The molecular formula is C12H16INOS. The molecule has 2 nitrogen and oxygen atoms in total. The van der Waals surface area contributed by atoms with E-state index in [2.05, 4.69) is 27.0 Å². The van der Waals surface area contributed by atoms with Crippen molar-refractivity contribution in [2.24, 2.45) is 4.40 Å². The zero-order chi connectivity index (χ0) is 12.3. The fraction of sp³-hybridized carbons (Fsp3) is 0.417. The van der Waals surface area contributed by atoms with Crippen LogP contribution < -0.4 is 0 Å². The molecule has 1 atom stereocenters. The molecule has 1 aromatic rings. The maximum Gasteiger partial charge on any atom is 0.144 e. The average Bonchev–Trinajstić information content (AvgIpc) is 2.16. The summed E-state index contributed by atoms with van der Waals surface area (Å²) in [5.74, 6) is 0. The zero-order valence-electron chi connectivity index (χ0n) is 9.95. The second-order valence-electron chi connectivity index (χ2n) is 4.55. The molecule has 0 aliphatic rings. The van der Waals surface area contributed by atoms with Crippen LogP contribution >= 0.6 is 22.6 Å². The first kappa shape index (κ1) is 14.0. The van der Waals surface area contributed by atoms with Crippen molar-refractivity contribution in [1.29, 1.82) is 0 Å². The summed E-state index contributed by atoms with van der Waals surface area (Å²) in [6, 6.07) is 8.04. The van der Waals surface area contributed by atoms with Crippen LogP contribution in [-0.4, -0.2) is 15.0 Å². The molecule has 1 unspecified atom stereocenters. The minimum atomic E-state index is -1.19. The molecule has 0 saturated carbocycles. The molecule has 0 fully saturated rings. The Labute approximate surface area is 114 Å². The summed E-state index contributed by atoms with van der Waals surface area (Å²) in [7, 11) is 0. The van der Waals surface area contributed by atoms with Gasteiger partial charge in [0.1, 0.15) is 16.1 Å². The Morgan fingerprint density at radius 3 is 2.50 bits per heavy atom. The van der Waals surface area contributed by atoms with E-state index in [1.54, 1.807) is 0 Å². The van der Waals surface area contributed by atoms with Crippen LogP contribution in [0.4, 0.5) is 0 Å². The van der Waals surface area contributed by atoms with Crippen LogP contribution in [0.3, 0.4) is 0 Å². The first-order valence-electron chi connectivity index (χ1n) is 5.04. The Balaban J connectivity index is 2.94. The summed E-state index contributed by atoms with van der Waals surface area (Å²) in [5, 5.41) is 0. The maximum atomic E-state index is 11.9. The lowest BCUT2D eigenvalue weighted by Gasteiger charge is -2.18. The molecule has 0 N–H and O–H groups in total. The van der Waals surface area contributed by atoms with Crippen molar-refractivity contribution in [2.75, 3.05) is 0 Å². The van der Waals surface area contributed by atoms with Crippen molar-refractivity contribution in [2.45, 2.75) is 32.4 Å². The predicted octanol–water partition coefficient (Wildman–Crippen LogP) is 3.56. The fourth-order valence-electron chi connectivity index (χ4n) is 1.03. The molecule has 16 heavy (non-hydrogen) atoms. The monoisotopic (exact) mass is 349 g/mol. The first-order valence-corrected chi connectivity index (χ1v) is 7.22. The molecule has 0 spiro atoms. The lowest BCUT2D eigenvalue weighted by Crippen LogP contribution is -2.26. The second-order valence-corrected chi connectivity index (χ2v) is 7.70. The predicted molar refractivity (Wildman–Crippen MR) is 79.3 cm³/mol. The second kappa shape index (κ2) is 5.51. The Kier molecular flexibility index (Phi) is 4.82. The molecule has 0 bridgehead atoms. The highest BCUT2D eigenvalue weighted by molar-refractivity contribution is 14.1. The molecule has 88 valence electrons. The van der Waals surface area contributed by atoms with Crippen LogP contribution in [0, 0.1) is 3.57 Å². The third-order valence-electron chi connectivity index (χ3n) is 1.99. The van der Waals surface area contributed by atoms with E-state index in [1.807, 2.05) is 52.0 Å². The highest BCUT2D eigenvalue weighted by Gasteiger charge is 2.26. The Hall–Kier alpha value is -0.0700. The van der Waals surface area contributed by atoms with Gasteiger partial charge in [-0.2, -0.15) is 0 Å². The topological polar surface area (TPSA) is 35.4 Å². The number of nitrogens with zero attached hydrogens (tertiary/aromatic N) is 1. The van der Waals surface area contributed by atoms with Gasteiger partial charge in [-0.15, -0.1) is 0 Å². The molecule has 0 aliphatic carbocycles. The summed E-state index contributed by atoms with van der Waals surface area (Å²) in [6.45, 7) is 7.67. The molecule has 1 rings (SSSR count). The standard InChI is InChI=1S/C12H16INOS/c1-9(14-16(15)12(2,3)4)10-6-5-7-11(13)8-10/h5-8H,1-4H3/b14-9+. The van der Waals surface area contributed by atoms with E-state index < -0.39 is 11.4 Å². The molecule has 0 saturated heterocycles. The van der Waals surface area contributed by atoms with E-state index in [1.165, 1.54) is 0 Å². The number of hydrogen-bond acceptors (Lipinski definition) is 2. The first-order chi connectivity index (χ1) is 7.30. The fourth-order valence-corrected chi connectivity index (χ4v) is 2.20. The maximum absolute atomic E-state index is 11.9. The largest absolute Gasteiger partial charge is 0.591 e. The minimum absolute atomic E-state index is 0.302. The van der Waals surface area contributed by atoms with Crippen LogP contribution in [0.1, 0.15) is 33.3 Å². The Morgan fingerprint density at radius 2 is 2.00 bits per heavy atom.